The van der Waals surface area contributed by atoms with Gasteiger partial charge in [0.15, 0.2) is 0 Å². The van der Waals surface area contributed by atoms with Gasteiger partial charge in [-0.1, -0.05) is 158 Å². The SMILES string of the molecule is Cc1cccc(C)c1-c1ccc2cc3c(cc2c1)c1ccccc1c1cc2c(-c4ccccc4)c4c(c(-c5ccccc5)c2cc31)-c1ccc2ccc3cccc5cc-4c1c2c35. The van der Waals surface area contributed by atoms with Gasteiger partial charge in [-0.25, -0.2) is 0 Å². The van der Waals surface area contributed by atoms with Gasteiger partial charge in [0, 0.05) is 0 Å². The third kappa shape index (κ3) is 4.51. The highest BCUT2D eigenvalue weighted by Crippen LogP contribution is 2.60. The Labute approximate surface area is 359 Å². The second-order valence-corrected chi connectivity index (χ2v) is 17.6. The van der Waals surface area contributed by atoms with Gasteiger partial charge < -0.3 is 0 Å². The summed E-state index contributed by atoms with van der Waals surface area (Å²) in [7, 11) is 0. The van der Waals surface area contributed by atoms with Crippen LogP contribution in [0.1, 0.15) is 11.1 Å². The largest absolute Gasteiger partial charge is 0.0622 e. The van der Waals surface area contributed by atoms with Crippen LogP contribution in [-0.2, 0) is 0 Å². The topological polar surface area (TPSA) is 0 Å². The van der Waals surface area contributed by atoms with Crippen molar-refractivity contribution in [1.82, 2.24) is 0 Å². The summed E-state index contributed by atoms with van der Waals surface area (Å²) in [6.45, 7) is 4.45. The minimum absolute atomic E-state index is 1.24. The van der Waals surface area contributed by atoms with Crippen LogP contribution in [0.15, 0.2) is 194 Å². The lowest BCUT2D eigenvalue weighted by atomic mass is 9.80. The molecular weight excluding hydrogens is 745 g/mol. The molecular formula is C62H38. The van der Waals surface area contributed by atoms with Gasteiger partial charge in [0.1, 0.15) is 0 Å². The van der Waals surface area contributed by atoms with Gasteiger partial charge in [0.2, 0.25) is 0 Å². The van der Waals surface area contributed by atoms with Crippen molar-refractivity contribution in [3.05, 3.63) is 205 Å². The number of aryl methyl sites for hydroxylation is 2. The number of hydrogen-bond donors (Lipinski definition) is 0. The van der Waals surface area contributed by atoms with Crippen LogP contribution in [0, 0.1) is 13.8 Å². The van der Waals surface area contributed by atoms with E-state index in [0.29, 0.717) is 0 Å². The van der Waals surface area contributed by atoms with Crippen LogP contribution in [0.4, 0.5) is 0 Å². The maximum absolute atomic E-state index is 2.56. The highest BCUT2D eigenvalue weighted by Gasteiger charge is 2.32. The highest BCUT2D eigenvalue weighted by atomic mass is 14.3. The molecule has 1 aliphatic carbocycles. The predicted octanol–water partition coefficient (Wildman–Crippen LogP) is 17.6. The Balaban J connectivity index is 1.18. The first-order valence-corrected chi connectivity index (χ1v) is 21.8. The second kappa shape index (κ2) is 12.4. The van der Waals surface area contributed by atoms with Crippen molar-refractivity contribution in [2.75, 3.05) is 0 Å². The van der Waals surface area contributed by atoms with E-state index in [1.165, 1.54) is 153 Å². The maximum atomic E-state index is 2.56. The van der Waals surface area contributed by atoms with Crippen LogP contribution < -0.4 is 0 Å². The lowest BCUT2D eigenvalue weighted by Crippen LogP contribution is -1.95. The van der Waals surface area contributed by atoms with Crippen molar-refractivity contribution in [2.24, 2.45) is 0 Å². The van der Waals surface area contributed by atoms with Crippen molar-refractivity contribution in [2.45, 2.75) is 13.8 Å². The Morgan fingerprint density at radius 3 is 1.44 bits per heavy atom. The molecule has 0 bridgehead atoms. The smallest absolute Gasteiger partial charge is 0.000719 e. The number of benzene rings is 13. The van der Waals surface area contributed by atoms with E-state index in [0.717, 1.165) is 0 Å². The monoisotopic (exact) mass is 782 g/mol. The van der Waals surface area contributed by atoms with Crippen LogP contribution in [0.2, 0.25) is 0 Å². The van der Waals surface area contributed by atoms with Crippen molar-refractivity contribution >= 4 is 86.2 Å². The molecule has 0 atom stereocenters. The second-order valence-electron chi connectivity index (χ2n) is 17.6. The minimum Gasteiger partial charge on any atom is -0.0622 e. The van der Waals surface area contributed by atoms with Gasteiger partial charge in [-0.05, 0) is 203 Å². The molecule has 1 aliphatic rings. The van der Waals surface area contributed by atoms with Gasteiger partial charge in [0.25, 0.3) is 0 Å². The standard InChI is InChI=1S/C62H38/c1-35-13-11-14-36(2)55(35)43-26-25-41-30-49-48(32-44(41)29-43)45-21-9-10-22-46(45)50-33-52-53(34-51(49)50)57(37-15-5-3-6-16-37)61-47-28-27-40-24-23-39-19-12-20-42-31-54(60(47)59(40)56(39)42)62(61)58(52)38-17-7-4-8-18-38/h3-34H,1-2H3. The van der Waals surface area contributed by atoms with Crippen molar-refractivity contribution in [3.8, 4) is 55.6 Å². The van der Waals surface area contributed by atoms with Crippen molar-refractivity contribution < 1.29 is 0 Å². The number of rotatable bonds is 3. The Morgan fingerprint density at radius 1 is 0.226 bits per heavy atom. The summed E-state index contributed by atoms with van der Waals surface area (Å²) in [5.41, 5.74) is 15.6. The average Bonchev–Trinajstić information content (AvgIpc) is 3.64. The Hall–Kier alpha value is -7.80. The molecule has 0 saturated carbocycles. The Bertz CT molecular complexity index is 4060. The average molecular weight is 783 g/mol. The van der Waals surface area contributed by atoms with E-state index in [-0.39, 0.29) is 0 Å². The van der Waals surface area contributed by atoms with Gasteiger partial charge in [-0.3, -0.25) is 0 Å². The van der Waals surface area contributed by atoms with Gasteiger partial charge in [-0.2, -0.15) is 0 Å². The van der Waals surface area contributed by atoms with Crippen LogP contribution in [0.5, 0.6) is 0 Å². The van der Waals surface area contributed by atoms with E-state index < -0.39 is 0 Å². The molecule has 0 amide bonds. The Morgan fingerprint density at radius 2 is 0.742 bits per heavy atom. The molecule has 0 heteroatoms. The molecule has 0 radical (unpaired) electrons. The van der Waals surface area contributed by atoms with Gasteiger partial charge in [-0.15, -0.1) is 0 Å². The molecule has 0 aliphatic heterocycles. The fourth-order valence-electron chi connectivity index (χ4n) is 11.7. The molecule has 0 aromatic heterocycles. The lowest BCUT2D eigenvalue weighted by molar-refractivity contribution is 1.38. The zero-order valence-electron chi connectivity index (χ0n) is 34.5. The third-order valence-corrected chi connectivity index (χ3v) is 14.3. The minimum atomic E-state index is 1.24. The molecule has 13 aromatic carbocycles. The lowest BCUT2D eigenvalue weighted by Gasteiger charge is -2.22. The molecule has 13 aromatic rings. The van der Waals surface area contributed by atoms with Crippen molar-refractivity contribution in [3.63, 3.8) is 0 Å². The molecule has 0 saturated heterocycles. The third-order valence-electron chi connectivity index (χ3n) is 14.3. The van der Waals surface area contributed by atoms with Crippen LogP contribution in [0.3, 0.4) is 0 Å². The summed E-state index contributed by atoms with van der Waals surface area (Å²) in [5.74, 6) is 0. The zero-order valence-corrected chi connectivity index (χ0v) is 34.5. The number of hydrogen-bond acceptors (Lipinski definition) is 0. The van der Waals surface area contributed by atoms with E-state index in [9.17, 15) is 0 Å². The number of fused-ring (bicyclic) bond motifs is 11. The molecule has 62 heavy (non-hydrogen) atoms. The summed E-state index contributed by atoms with van der Waals surface area (Å²) >= 11 is 0. The molecule has 0 N–H and O–H groups in total. The van der Waals surface area contributed by atoms with Gasteiger partial charge in [0.05, 0.1) is 0 Å². The molecule has 0 heterocycles. The van der Waals surface area contributed by atoms with E-state index in [2.05, 4.69) is 208 Å². The summed E-state index contributed by atoms with van der Waals surface area (Å²) in [4.78, 5) is 0. The van der Waals surface area contributed by atoms with Crippen LogP contribution >= 0.6 is 0 Å². The summed E-state index contributed by atoms with van der Waals surface area (Å²) in [5, 5.41) is 20.8. The van der Waals surface area contributed by atoms with E-state index in [4.69, 9.17) is 0 Å². The fourth-order valence-corrected chi connectivity index (χ4v) is 11.7. The predicted molar refractivity (Wildman–Crippen MR) is 268 cm³/mol. The van der Waals surface area contributed by atoms with Gasteiger partial charge >= 0.3 is 0 Å². The molecule has 14 rings (SSSR count). The quantitative estimate of drug-likeness (QED) is 0.124. The normalized spacial score (nSPS) is 12.4. The summed E-state index contributed by atoms with van der Waals surface area (Å²) in [6, 6.07) is 73.8. The van der Waals surface area contributed by atoms with E-state index in [1.54, 1.807) is 0 Å². The molecule has 0 nitrogen and oxygen atoms in total. The van der Waals surface area contributed by atoms with Crippen LogP contribution in [-0.4, -0.2) is 0 Å². The summed E-state index contributed by atoms with van der Waals surface area (Å²) in [6.07, 6.45) is 0. The van der Waals surface area contributed by atoms with E-state index in [1.807, 2.05) is 0 Å². The first-order valence-electron chi connectivity index (χ1n) is 21.8. The summed E-state index contributed by atoms with van der Waals surface area (Å²) < 4.78 is 0. The zero-order chi connectivity index (χ0) is 40.8. The first kappa shape index (κ1) is 34.0. The molecule has 0 fully saturated rings. The first-order chi connectivity index (χ1) is 30.6. The Kier molecular flexibility index (Phi) is 6.78. The van der Waals surface area contributed by atoms with E-state index >= 15 is 0 Å². The highest BCUT2D eigenvalue weighted by molar-refractivity contribution is 6.37. The maximum Gasteiger partial charge on any atom is -0.000719 e. The molecule has 0 spiro atoms. The molecule has 286 valence electrons. The van der Waals surface area contributed by atoms with Crippen molar-refractivity contribution in [1.29, 1.82) is 0 Å². The van der Waals surface area contributed by atoms with Crippen LogP contribution in [0.25, 0.3) is 142 Å². The fraction of sp³-hybridized carbons (Fsp3) is 0.0323. The molecule has 0 unspecified atom stereocenters.